The maximum absolute atomic E-state index is 12.4. The number of rotatable bonds is 4. The Morgan fingerprint density at radius 2 is 2.32 bits per heavy atom. The number of carbonyl (C=O) groups excluding carboxylic acids is 1. The van der Waals surface area contributed by atoms with Crippen LogP contribution in [0.5, 0.6) is 0 Å². The maximum Gasteiger partial charge on any atom is 0.317 e. The molecule has 0 unspecified atom stereocenters. The van der Waals surface area contributed by atoms with Crippen LogP contribution in [0.15, 0.2) is 16.8 Å². The second-order valence-electron chi connectivity index (χ2n) is 6.05. The van der Waals surface area contributed by atoms with Gasteiger partial charge in [0.25, 0.3) is 0 Å². The van der Waals surface area contributed by atoms with Crippen molar-refractivity contribution in [1.29, 1.82) is 0 Å². The lowest BCUT2D eigenvalue weighted by Crippen LogP contribution is -2.53. The SMILES string of the molecule is C[C@@H](CNC(=O)N1CCO[C@H]([C@@H]2CCCO2)C1)c1ccsc1. The standard InChI is InChI=1S/C16H24N2O3S/c1-12(13-4-8-22-11-13)9-17-16(19)18-5-7-21-15(10-18)14-3-2-6-20-14/h4,8,11-12,14-15H,2-3,5-7,9-10H2,1H3,(H,17,19)/t12-,14-,15-/m0/s1. The van der Waals surface area contributed by atoms with Crippen LogP contribution in [0, 0.1) is 0 Å². The van der Waals surface area contributed by atoms with Crippen molar-refractivity contribution in [2.45, 2.75) is 37.9 Å². The highest BCUT2D eigenvalue weighted by molar-refractivity contribution is 7.07. The van der Waals surface area contributed by atoms with E-state index in [2.05, 4.69) is 29.1 Å². The van der Waals surface area contributed by atoms with Gasteiger partial charge in [-0.2, -0.15) is 11.3 Å². The third-order valence-electron chi connectivity index (χ3n) is 4.43. The van der Waals surface area contributed by atoms with Gasteiger partial charge in [-0.3, -0.25) is 0 Å². The molecule has 2 amide bonds. The molecule has 3 atom stereocenters. The first-order valence-corrected chi connectivity index (χ1v) is 8.96. The van der Waals surface area contributed by atoms with Gasteiger partial charge >= 0.3 is 6.03 Å². The highest BCUT2D eigenvalue weighted by atomic mass is 32.1. The zero-order valence-electron chi connectivity index (χ0n) is 13.0. The first kappa shape index (κ1) is 15.8. The minimum absolute atomic E-state index is 0.00776. The van der Waals surface area contributed by atoms with Crippen molar-refractivity contribution in [2.75, 3.05) is 32.8 Å². The Balaban J connectivity index is 1.47. The van der Waals surface area contributed by atoms with Crippen LogP contribution in [0.25, 0.3) is 0 Å². The Bertz CT molecular complexity index is 474. The van der Waals surface area contributed by atoms with E-state index in [0.717, 1.165) is 19.4 Å². The molecule has 1 aromatic heterocycles. The van der Waals surface area contributed by atoms with Gasteiger partial charge in [0.2, 0.25) is 0 Å². The van der Waals surface area contributed by atoms with Crippen molar-refractivity contribution in [1.82, 2.24) is 10.2 Å². The summed E-state index contributed by atoms with van der Waals surface area (Å²) in [5.41, 5.74) is 1.28. The van der Waals surface area contributed by atoms with Gasteiger partial charge in [-0.15, -0.1) is 0 Å². The van der Waals surface area contributed by atoms with Crippen molar-refractivity contribution in [3.63, 3.8) is 0 Å². The molecule has 0 saturated carbocycles. The Hall–Kier alpha value is -1.11. The minimum Gasteiger partial charge on any atom is -0.375 e. The summed E-state index contributed by atoms with van der Waals surface area (Å²) in [5, 5.41) is 7.26. The number of hydrogen-bond acceptors (Lipinski definition) is 4. The number of hydrogen-bond donors (Lipinski definition) is 1. The Morgan fingerprint density at radius 3 is 3.05 bits per heavy atom. The lowest BCUT2D eigenvalue weighted by atomic mass is 10.1. The first-order chi connectivity index (χ1) is 10.7. The van der Waals surface area contributed by atoms with E-state index in [1.807, 2.05) is 4.90 Å². The average molecular weight is 324 g/mol. The smallest absolute Gasteiger partial charge is 0.317 e. The summed E-state index contributed by atoms with van der Waals surface area (Å²) in [6.07, 6.45) is 2.31. The summed E-state index contributed by atoms with van der Waals surface area (Å²) in [7, 11) is 0. The molecule has 122 valence electrons. The number of morpholine rings is 1. The third-order valence-corrected chi connectivity index (χ3v) is 5.13. The normalized spacial score (nSPS) is 26.9. The summed E-state index contributed by atoms with van der Waals surface area (Å²) in [5.74, 6) is 0.338. The number of nitrogens with zero attached hydrogens (tertiary/aromatic N) is 1. The molecule has 1 aromatic rings. The third kappa shape index (κ3) is 3.80. The van der Waals surface area contributed by atoms with Crippen molar-refractivity contribution >= 4 is 17.4 Å². The monoisotopic (exact) mass is 324 g/mol. The summed E-state index contributed by atoms with van der Waals surface area (Å²) < 4.78 is 11.5. The quantitative estimate of drug-likeness (QED) is 0.925. The number of thiophene rings is 1. The molecule has 0 aromatic carbocycles. The Morgan fingerprint density at radius 1 is 1.45 bits per heavy atom. The zero-order chi connectivity index (χ0) is 15.4. The number of nitrogens with one attached hydrogen (secondary N) is 1. The second kappa shape index (κ2) is 7.44. The van der Waals surface area contributed by atoms with Gasteiger partial charge < -0.3 is 19.7 Å². The number of carbonyl (C=O) groups is 1. The van der Waals surface area contributed by atoms with Gasteiger partial charge in [-0.05, 0) is 41.1 Å². The molecule has 1 N–H and O–H groups in total. The predicted molar refractivity (Wildman–Crippen MR) is 86.4 cm³/mol. The fraction of sp³-hybridized carbons (Fsp3) is 0.688. The lowest BCUT2D eigenvalue weighted by molar-refractivity contribution is -0.0848. The van der Waals surface area contributed by atoms with Gasteiger partial charge in [0.05, 0.1) is 19.3 Å². The predicted octanol–water partition coefficient (Wildman–Crippen LogP) is 2.44. The molecule has 0 spiro atoms. The fourth-order valence-electron chi connectivity index (χ4n) is 3.01. The maximum atomic E-state index is 12.4. The molecule has 2 aliphatic rings. The molecule has 2 aliphatic heterocycles. The van der Waals surface area contributed by atoms with Gasteiger partial charge in [0, 0.05) is 19.7 Å². The minimum atomic E-state index is 0.00776. The molecule has 3 heterocycles. The summed E-state index contributed by atoms with van der Waals surface area (Å²) in [4.78, 5) is 14.2. The molecule has 5 nitrogen and oxygen atoms in total. The molecule has 0 bridgehead atoms. The van der Waals surface area contributed by atoms with E-state index in [1.165, 1.54) is 5.56 Å². The van der Waals surface area contributed by atoms with Crippen LogP contribution >= 0.6 is 11.3 Å². The van der Waals surface area contributed by atoms with Gasteiger partial charge in [0.1, 0.15) is 6.10 Å². The molecule has 22 heavy (non-hydrogen) atoms. The van der Waals surface area contributed by atoms with Gasteiger partial charge in [-0.1, -0.05) is 6.92 Å². The fourth-order valence-corrected chi connectivity index (χ4v) is 3.79. The zero-order valence-corrected chi connectivity index (χ0v) is 13.8. The number of amides is 2. The van der Waals surface area contributed by atoms with E-state index in [0.29, 0.717) is 32.2 Å². The first-order valence-electron chi connectivity index (χ1n) is 8.02. The molecule has 6 heteroatoms. The van der Waals surface area contributed by atoms with Crippen LogP contribution in [-0.4, -0.2) is 56.0 Å². The van der Waals surface area contributed by atoms with E-state index in [9.17, 15) is 4.79 Å². The molecular weight excluding hydrogens is 300 g/mol. The van der Waals surface area contributed by atoms with Crippen molar-refractivity contribution in [3.05, 3.63) is 22.4 Å². The van der Waals surface area contributed by atoms with E-state index >= 15 is 0 Å². The van der Waals surface area contributed by atoms with Crippen molar-refractivity contribution in [2.24, 2.45) is 0 Å². The van der Waals surface area contributed by atoms with Crippen molar-refractivity contribution < 1.29 is 14.3 Å². The van der Waals surface area contributed by atoms with Gasteiger partial charge in [-0.25, -0.2) is 4.79 Å². The van der Waals surface area contributed by atoms with E-state index in [-0.39, 0.29) is 18.2 Å². The number of urea groups is 1. The Kier molecular flexibility index (Phi) is 5.33. The molecule has 2 saturated heterocycles. The van der Waals surface area contributed by atoms with Crippen LogP contribution in [0.1, 0.15) is 31.2 Å². The van der Waals surface area contributed by atoms with Crippen LogP contribution in [0.4, 0.5) is 4.79 Å². The Labute approximate surface area is 135 Å². The van der Waals surface area contributed by atoms with Crippen molar-refractivity contribution in [3.8, 4) is 0 Å². The molecular formula is C16H24N2O3S. The van der Waals surface area contributed by atoms with E-state index < -0.39 is 0 Å². The van der Waals surface area contributed by atoms with Crippen LogP contribution in [0.3, 0.4) is 0 Å². The van der Waals surface area contributed by atoms with Crippen LogP contribution in [0.2, 0.25) is 0 Å². The van der Waals surface area contributed by atoms with E-state index in [1.54, 1.807) is 11.3 Å². The largest absolute Gasteiger partial charge is 0.375 e. The topological polar surface area (TPSA) is 50.8 Å². The molecule has 0 radical (unpaired) electrons. The lowest BCUT2D eigenvalue weighted by Gasteiger charge is -2.35. The number of ether oxygens (including phenoxy) is 2. The highest BCUT2D eigenvalue weighted by Gasteiger charge is 2.32. The van der Waals surface area contributed by atoms with Crippen LogP contribution in [-0.2, 0) is 9.47 Å². The molecule has 0 aliphatic carbocycles. The van der Waals surface area contributed by atoms with Gasteiger partial charge in [0.15, 0.2) is 0 Å². The van der Waals surface area contributed by atoms with Crippen LogP contribution < -0.4 is 5.32 Å². The highest BCUT2D eigenvalue weighted by Crippen LogP contribution is 2.21. The summed E-state index contributed by atoms with van der Waals surface area (Å²) in [6, 6.07) is 2.12. The average Bonchev–Trinajstić information content (AvgIpc) is 3.25. The van der Waals surface area contributed by atoms with E-state index in [4.69, 9.17) is 9.47 Å². The molecule has 2 fully saturated rings. The summed E-state index contributed by atoms with van der Waals surface area (Å²) >= 11 is 1.69. The second-order valence-corrected chi connectivity index (χ2v) is 6.83. The molecule has 3 rings (SSSR count). The summed E-state index contributed by atoms with van der Waals surface area (Å²) in [6.45, 7) is 5.49.